The Hall–Kier alpha value is -3.98. The highest BCUT2D eigenvalue weighted by Gasteiger charge is 2.31. The smallest absolute Gasteiger partial charge is 0.251 e. The average molecular weight is 485 g/mol. The highest BCUT2D eigenvalue weighted by molar-refractivity contribution is 7.90. The molecule has 1 aliphatic rings. The van der Waals surface area contributed by atoms with E-state index in [0.29, 0.717) is 23.2 Å². The number of rotatable bonds is 6. The highest BCUT2D eigenvalue weighted by atomic mass is 32.2. The van der Waals surface area contributed by atoms with Crippen molar-refractivity contribution in [2.75, 3.05) is 19.3 Å². The lowest BCUT2D eigenvalue weighted by Crippen LogP contribution is -2.38. The van der Waals surface area contributed by atoms with Crippen LogP contribution in [0.5, 0.6) is 0 Å². The largest absolute Gasteiger partial charge is 0.348 e. The number of carbonyl (C=O) groups is 1. The molecule has 0 aromatic heterocycles. The fourth-order valence-electron chi connectivity index (χ4n) is 4.36. The molecule has 1 heterocycles. The van der Waals surface area contributed by atoms with Gasteiger partial charge in [0.2, 0.25) is 0 Å². The molecule has 1 N–H and O–H groups in total. The van der Waals surface area contributed by atoms with E-state index in [2.05, 4.69) is 16.3 Å². The van der Waals surface area contributed by atoms with Crippen molar-refractivity contribution in [1.82, 2.24) is 10.2 Å². The fraction of sp³-hybridized carbons (Fsp3) is 0.222. The zero-order valence-corrected chi connectivity index (χ0v) is 20.0. The van der Waals surface area contributed by atoms with E-state index in [1.807, 2.05) is 30.3 Å². The Morgan fingerprint density at radius 1 is 0.914 bits per heavy atom. The summed E-state index contributed by atoms with van der Waals surface area (Å²) in [5, 5.41) is 21.2. The lowest BCUT2D eigenvalue weighted by molar-refractivity contribution is 0.0937. The Labute approximate surface area is 205 Å². The van der Waals surface area contributed by atoms with Crippen molar-refractivity contribution in [3.05, 3.63) is 101 Å². The van der Waals surface area contributed by atoms with Gasteiger partial charge in [-0.05, 0) is 66.1 Å². The van der Waals surface area contributed by atoms with Gasteiger partial charge in [-0.3, -0.25) is 9.69 Å². The molecule has 3 aromatic carbocycles. The number of hydrogen-bond acceptors (Lipinski definition) is 6. The third-order valence-electron chi connectivity index (χ3n) is 6.18. The minimum absolute atomic E-state index is 0.0608. The molecule has 2 atom stereocenters. The van der Waals surface area contributed by atoms with E-state index in [1.165, 1.54) is 6.26 Å². The second-order valence-corrected chi connectivity index (χ2v) is 10.6. The van der Waals surface area contributed by atoms with Crippen LogP contribution in [0, 0.1) is 22.7 Å². The molecule has 1 fully saturated rings. The van der Waals surface area contributed by atoms with Crippen molar-refractivity contribution in [2.24, 2.45) is 0 Å². The van der Waals surface area contributed by atoms with Crippen LogP contribution in [0.25, 0.3) is 0 Å². The number of carbonyl (C=O) groups excluding carboxylic acids is 1. The van der Waals surface area contributed by atoms with Crippen molar-refractivity contribution in [1.29, 1.82) is 10.5 Å². The number of hydrogen-bond donors (Lipinski definition) is 1. The van der Waals surface area contributed by atoms with Gasteiger partial charge < -0.3 is 5.32 Å². The van der Waals surface area contributed by atoms with Crippen LogP contribution in [0.4, 0.5) is 0 Å². The summed E-state index contributed by atoms with van der Waals surface area (Å²) in [5.41, 5.74) is 3.48. The van der Waals surface area contributed by atoms with Crippen LogP contribution in [0.15, 0.2) is 77.7 Å². The fourth-order valence-corrected chi connectivity index (χ4v) is 4.99. The molecule has 8 heteroatoms. The molecule has 4 rings (SSSR count). The van der Waals surface area contributed by atoms with E-state index >= 15 is 0 Å². The Morgan fingerprint density at radius 2 is 1.43 bits per heavy atom. The third-order valence-corrected chi connectivity index (χ3v) is 7.30. The Morgan fingerprint density at radius 3 is 1.94 bits per heavy atom. The van der Waals surface area contributed by atoms with Crippen molar-refractivity contribution in [2.45, 2.75) is 23.4 Å². The van der Waals surface area contributed by atoms with E-state index in [1.54, 1.807) is 48.5 Å². The third kappa shape index (κ3) is 5.58. The zero-order chi connectivity index (χ0) is 25.0. The van der Waals surface area contributed by atoms with Gasteiger partial charge in [-0.1, -0.05) is 24.3 Å². The van der Waals surface area contributed by atoms with E-state index in [4.69, 9.17) is 5.26 Å². The predicted molar refractivity (Wildman–Crippen MR) is 131 cm³/mol. The number of sulfone groups is 1. The summed E-state index contributed by atoms with van der Waals surface area (Å²) in [7, 11) is -3.31. The van der Waals surface area contributed by atoms with Gasteiger partial charge >= 0.3 is 0 Å². The first-order chi connectivity index (χ1) is 16.8. The van der Waals surface area contributed by atoms with Gasteiger partial charge in [0.1, 0.15) is 0 Å². The van der Waals surface area contributed by atoms with Crippen LogP contribution in [-0.4, -0.2) is 44.6 Å². The van der Waals surface area contributed by atoms with E-state index < -0.39 is 9.84 Å². The summed E-state index contributed by atoms with van der Waals surface area (Å²) >= 11 is 0. The van der Waals surface area contributed by atoms with Gasteiger partial charge in [0.15, 0.2) is 9.84 Å². The van der Waals surface area contributed by atoms with Crippen molar-refractivity contribution >= 4 is 15.7 Å². The van der Waals surface area contributed by atoms with Crippen LogP contribution < -0.4 is 5.32 Å². The minimum atomic E-state index is -3.31. The van der Waals surface area contributed by atoms with Crippen molar-refractivity contribution in [3.63, 3.8) is 0 Å². The minimum Gasteiger partial charge on any atom is -0.348 e. The summed E-state index contributed by atoms with van der Waals surface area (Å²) in [6.07, 6.45) is 1.94. The number of nitrogens with zero attached hydrogens (tertiary/aromatic N) is 3. The highest BCUT2D eigenvalue weighted by Crippen LogP contribution is 2.32. The summed E-state index contributed by atoms with van der Waals surface area (Å²) < 4.78 is 23.8. The SMILES string of the molecule is CS(=O)(=O)c1ccc(C(c2ccc(C#N)cc2)N2CC[C@@H](NC(=O)c3ccc(C#N)cc3)C2)cc1. The number of benzene rings is 3. The van der Waals surface area contributed by atoms with Gasteiger partial charge in [0.25, 0.3) is 5.91 Å². The molecule has 1 aliphatic heterocycles. The van der Waals surface area contributed by atoms with Gasteiger partial charge in [-0.2, -0.15) is 10.5 Å². The second kappa shape index (κ2) is 10.1. The monoisotopic (exact) mass is 484 g/mol. The number of nitriles is 2. The summed E-state index contributed by atoms with van der Waals surface area (Å²) in [6, 6.07) is 24.7. The quantitative estimate of drug-likeness (QED) is 0.573. The van der Waals surface area contributed by atoms with Gasteiger partial charge in [0.05, 0.1) is 34.2 Å². The molecule has 0 spiro atoms. The zero-order valence-electron chi connectivity index (χ0n) is 19.2. The first-order valence-corrected chi connectivity index (χ1v) is 13.0. The van der Waals surface area contributed by atoms with Gasteiger partial charge in [-0.15, -0.1) is 0 Å². The van der Waals surface area contributed by atoms with Crippen LogP contribution in [0.3, 0.4) is 0 Å². The molecule has 0 saturated carbocycles. The molecular weight excluding hydrogens is 460 g/mol. The van der Waals surface area contributed by atoms with E-state index in [9.17, 15) is 18.5 Å². The first-order valence-electron chi connectivity index (χ1n) is 11.1. The average Bonchev–Trinajstić information content (AvgIpc) is 3.32. The normalized spacial score (nSPS) is 16.7. The Kier molecular flexibility index (Phi) is 6.97. The maximum Gasteiger partial charge on any atom is 0.251 e. The summed E-state index contributed by atoms with van der Waals surface area (Å²) in [6.45, 7) is 1.34. The second-order valence-electron chi connectivity index (χ2n) is 8.62. The maximum atomic E-state index is 12.7. The molecule has 1 saturated heterocycles. The van der Waals surface area contributed by atoms with Crippen LogP contribution in [0.1, 0.15) is 45.1 Å². The molecular formula is C27H24N4O3S. The molecule has 0 bridgehead atoms. The van der Waals surface area contributed by atoms with Crippen LogP contribution >= 0.6 is 0 Å². The lowest BCUT2D eigenvalue weighted by atomic mass is 9.96. The summed E-state index contributed by atoms with van der Waals surface area (Å²) in [5.74, 6) is -0.186. The molecule has 35 heavy (non-hydrogen) atoms. The molecule has 176 valence electrons. The molecule has 1 amide bonds. The number of amides is 1. The van der Waals surface area contributed by atoms with E-state index in [-0.39, 0.29) is 22.9 Å². The van der Waals surface area contributed by atoms with Gasteiger partial charge in [-0.25, -0.2) is 8.42 Å². The van der Waals surface area contributed by atoms with E-state index in [0.717, 1.165) is 24.1 Å². The van der Waals surface area contributed by atoms with Crippen molar-refractivity contribution < 1.29 is 13.2 Å². The molecule has 0 aliphatic carbocycles. The van der Waals surface area contributed by atoms with Crippen LogP contribution in [-0.2, 0) is 9.84 Å². The topological polar surface area (TPSA) is 114 Å². The van der Waals surface area contributed by atoms with Crippen molar-refractivity contribution in [3.8, 4) is 12.1 Å². The molecule has 0 radical (unpaired) electrons. The Bertz CT molecular complexity index is 1400. The molecule has 7 nitrogen and oxygen atoms in total. The molecule has 1 unspecified atom stereocenters. The first kappa shape index (κ1) is 24.2. The van der Waals surface area contributed by atoms with Crippen LogP contribution in [0.2, 0.25) is 0 Å². The molecule has 3 aromatic rings. The number of nitrogens with one attached hydrogen (secondary N) is 1. The predicted octanol–water partition coefficient (Wildman–Crippen LogP) is 3.43. The standard InChI is InChI=1S/C27H24N4O3S/c1-35(33,34)25-12-10-22(11-13-25)26(21-6-2-19(16-28)3-7-21)31-15-14-24(18-31)30-27(32)23-8-4-20(17-29)5-9-23/h2-13,24,26H,14-15,18H2,1H3,(H,30,32)/t24-,26?/m1/s1. The van der Waals surface area contributed by atoms with Gasteiger partial charge in [0, 0.05) is 31.0 Å². The maximum absolute atomic E-state index is 12.7. The lowest BCUT2D eigenvalue weighted by Gasteiger charge is -2.29. The Balaban J connectivity index is 1.56. The summed E-state index contributed by atoms with van der Waals surface area (Å²) in [4.78, 5) is 15.2. The number of likely N-dealkylation sites (tertiary alicyclic amines) is 1.